The fraction of sp³-hybridized carbons (Fsp3) is 0.625. The Morgan fingerprint density at radius 3 is 2.30 bits per heavy atom. The van der Waals surface area contributed by atoms with E-state index in [9.17, 15) is 4.79 Å². The molecule has 6 heteroatoms. The summed E-state index contributed by atoms with van der Waals surface area (Å²) in [6.45, 7) is 13.0. The summed E-state index contributed by atoms with van der Waals surface area (Å²) in [5.41, 5.74) is 2.07. The fourth-order valence-corrected chi connectivity index (χ4v) is 5.68. The normalized spacial score (nSPS) is 19.6. The summed E-state index contributed by atoms with van der Waals surface area (Å²) >= 11 is 1.58. The molecule has 0 aliphatic carbocycles. The number of aromatic nitrogens is 2. The summed E-state index contributed by atoms with van der Waals surface area (Å²) in [5.74, 6) is 2.29. The number of nitrogens with zero attached hydrogens (tertiary/aromatic N) is 4. The zero-order chi connectivity index (χ0) is 21.3. The SMILES string of the molecule is Cc1cc(-c2cnc(C3CCN(C(C)C(C)C)CC3)nc2)sc1C(=O)N1CCCC1. The summed E-state index contributed by atoms with van der Waals surface area (Å²) in [4.78, 5) is 28.8. The van der Waals surface area contributed by atoms with Crippen LogP contribution in [-0.4, -0.2) is 57.9 Å². The van der Waals surface area contributed by atoms with Gasteiger partial charge < -0.3 is 9.80 Å². The van der Waals surface area contributed by atoms with Crippen molar-refractivity contribution in [2.75, 3.05) is 26.2 Å². The fourth-order valence-electron chi connectivity index (χ4n) is 4.56. The maximum Gasteiger partial charge on any atom is 0.264 e. The largest absolute Gasteiger partial charge is 0.338 e. The van der Waals surface area contributed by atoms with E-state index < -0.39 is 0 Å². The second kappa shape index (κ2) is 9.15. The smallest absolute Gasteiger partial charge is 0.264 e. The van der Waals surface area contributed by atoms with Gasteiger partial charge in [0.05, 0.1) is 4.88 Å². The number of piperidine rings is 1. The summed E-state index contributed by atoms with van der Waals surface area (Å²) in [5, 5.41) is 0. The first-order valence-electron chi connectivity index (χ1n) is 11.4. The van der Waals surface area contributed by atoms with Crippen LogP contribution in [0.3, 0.4) is 0 Å². The highest BCUT2D eigenvalue weighted by Gasteiger charge is 2.27. The number of likely N-dealkylation sites (tertiary alicyclic amines) is 2. The molecule has 2 aliphatic heterocycles. The van der Waals surface area contributed by atoms with E-state index in [1.165, 1.54) is 0 Å². The Labute approximate surface area is 184 Å². The molecule has 2 fully saturated rings. The molecule has 1 unspecified atom stereocenters. The summed E-state index contributed by atoms with van der Waals surface area (Å²) in [6, 6.07) is 2.74. The second-order valence-corrected chi connectivity index (χ2v) is 10.3. The molecule has 0 bridgehead atoms. The minimum atomic E-state index is 0.182. The van der Waals surface area contributed by atoms with Crippen LogP contribution in [0.15, 0.2) is 18.5 Å². The predicted octanol–water partition coefficient (Wildman–Crippen LogP) is 4.97. The number of thiophene rings is 1. The monoisotopic (exact) mass is 426 g/mol. The zero-order valence-electron chi connectivity index (χ0n) is 18.7. The highest BCUT2D eigenvalue weighted by atomic mass is 32.1. The molecule has 0 aromatic carbocycles. The van der Waals surface area contributed by atoms with E-state index in [0.717, 1.165) is 78.6 Å². The lowest BCUT2D eigenvalue weighted by Crippen LogP contribution is -2.42. The van der Waals surface area contributed by atoms with Crippen LogP contribution < -0.4 is 0 Å². The number of amides is 1. The van der Waals surface area contributed by atoms with Crippen LogP contribution in [-0.2, 0) is 0 Å². The Balaban J connectivity index is 1.42. The van der Waals surface area contributed by atoms with Crippen molar-refractivity contribution in [3.05, 3.63) is 34.7 Å². The lowest BCUT2D eigenvalue weighted by Gasteiger charge is -2.37. The van der Waals surface area contributed by atoms with E-state index in [0.29, 0.717) is 17.9 Å². The first-order valence-corrected chi connectivity index (χ1v) is 12.2. The molecule has 5 nitrogen and oxygen atoms in total. The van der Waals surface area contributed by atoms with Crippen LogP contribution >= 0.6 is 11.3 Å². The Hall–Kier alpha value is -1.79. The third-order valence-corrected chi connectivity index (χ3v) is 8.17. The van der Waals surface area contributed by atoms with Gasteiger partial charge in [0.25, 0.3) is 5.91 Å². The molecule has 1 amide bonds. The molecule has 1 atom stereocenters. The Kier molecular flexibility index (Phi) is 6.54. The third-order valence-electron chi connectivity index (χ3n) is 6.90. The maximum atomic E-state index is 12.8. The standard InChI is InChI=1S/C24H34N4OS/c1-16(2)18(4)27-11-7-19(8-12-27)23-25-14-20(15-26-23)21-13-17(3)22(30-21)24(29)28-9-5-6-10-28/h13-16,18-19H,5-12H2,1-4H3. The van der Waals surface area contributed by atoms with Crippen LogP contribution in [0.2, 0.25) is 0 Å². The zero-order valence-corrected chi connectivity index (χ0v) is 19.5. The molecular weight excluding hydrogens is 392 g/mol. The Morgan fingerprint density at radius 1 is 1.07 bits per heavy atom. The number of carbonyl (C=O) groups is 1. The molecule has 0 saturated carbocycles. The molecule has 30 heavy (non-hydrogen) atoms. The summed E-state index contributed by atoms with van der Waals surface area (Å²) in [6.07, 6.45) is 8.38. The number of rotatable bonds is 5. The van der Waals surface area contributed by atoms with Crippen molar-refractivity contribution in [1.82, 2.24) is 19.8 Å². The first-order chi connectivity index (χ1) is 14.4. The van der Waals surface area contributed by atoms with Gasteiger partial charge >= 0.3 is 0 Å². The number of hydrogen-bond donors (Lipinski definition) is 0. The molecular formula is C24H34N4OS. The van der Waals surface area contributed by atoms with Gasteiger partial charge in [-0.3, -0.25) is 4.79 Å². The Bertz CT molecular complexity index is 862. The van der Waals surface area contributed by atoms with E-state index in [2.05, 4.69) is 31.7 Å². The molecule has 0 radical (unpaired) electrons. The third kappa shape index (κ3) is 4.45. The number of carbonyl (C=O) groups excluding carboxylic acids is 1. The minimum Gasteiger partial charge on any atom is -0.338 e. The van der Waals surface area contributed by atoms with Gasteiger partial charge in [-0.05, 0) is 70.2 Å². The molecule has 4 heterocycles. The first kappa shape index (κ1) is 21.4. The molecule has 2 aromatic rings. The van der Waals surface area contributed by atoms with Crippen molar-refractivity contribution in [3.63, 3.8) is 0 Å². The van der Waals surface area contributed by atoms with Crippen molar-refractivity contribution in [2.45, 2.75) is 65.3 Å². The van der Waals surface area contributed by atoms with Gasteiger partial charge in [-0.15, -0.1) is 11.3 Å². The predicted molar refractivity (Wildman–Crippen MR) is 123 cm³/mol. The Morgan fingerprint density at radius 2 is 1.70 bits per heavy atom. The number of aryl methyl sites for hydroxylation is 1. The molecule has 2 saturated heterocycles. The van der Waals surface area contributed by atoms with Gasteiger partial charge in [0.15, 0.2) is 0 Å². The van der Waals surface area contributed by atoms with Crippen molar-refractivity contribution < 1.29 is 4.79 Å². The number of hydrogen-bond acceptors (Lipinski definition) is 5. The molecule has 2 aromatic heterocycles. The summed E-state index contributed by atoms with van der Waals surface area (Å²) < 4.78 is 0. The van der Waals surface area contributed by atoms with Crippen LogP contribution in [0.5, 0.6) is 0 Å². The second-order valence-electron chi connectivity index (χ2n) is 9.25. The minimum absolute atomic E-state index is 0.182. The van der Waals surface area contributed by atoms with Crippen molar-refractivity contribution in [2.24, 2.45) is 5.92 Å². The lowest BCUT2D eigenvalue weighted by molar-refractivity contribution is 0.0797. The van der Waals surface area contributed by atoms with Gasteiger partial charge in [0.1, 0.15) is 5.82 Å². The molecule has 2 aliphatic rings. The highest BCUT2D eigenvalue weighted by Crippen LogP contribution is 2.33. The summed E-state index contributed by atoms with van der Waals surface area (Å²) in [7, 11) is 0. The van der Waals surface area contributed by atoms with E-state index in [1.54, 1.807) is 11.3 Å². The van der Waals surface area contributed by atoms with Crippen LogP contribution in [0, 0.1) is 12.8 Å². The average Bonchev–Trinajstić information content (AvgIpc) is 3.43. The topological polar surface area (TPSA) is 49.3 Å². The van der Waals surface area contributed by atoms with Gasteiger partial charge in [-0.2, -0.15) is 0 Å². The van der Waals surface area contributed by atoms with Crippen LogP contribution in [0.4, 0.5) is 0 Å². The van der Waals surface area contributed by atoms with Gasteiger partial charge in [0, 0.05) is 47.9 Å². The maximum absolute atomic E-state index is 12.8. The van der Waals surface area contributed by atoms with Crippen molar-refractivity contribution >= 4 is 17.2 Å². The van der Waals surface area contributed by atoms with Crippen LogP contribution in [0.1, 0.15) is 73.4 Å². The molecule has 162 valence electrons. The van der Waals surface area contributed by atoms with Crippen molar-refractivity contribution in [1.29, 1.82) is 0 Å². The van der Waals surface area contributed by atoms with Crippen molar-refractivity contribution in [3.8, 4) is 10.4 Å². The van der Waals surface area contributed by atoms with E-state index in [4.69, 9.17) is 9.97 Å². The average molecular weight is 427 g/mol. The molecule has 4 rings (SSSR count). The molecule has 0 N–H and O–H groups in total. The highest BCUT2D eigenvalue weighted by molar-refractivity contribution is 7.17. The van der Waals surface area contributed by atoms with Crippen LogP contribution in [0.25, 0.3) is 10.4 Å². The van der Waals surface area contributed by atoms with E-state index >= 15 is 0 Å². The molecule has 0 spiro atoms. The van der Waals surface area contributed by atoms with E-state index in [1.807, 2.05) is 24.2 Å². The van der Waals surface area contributed by atoms with E-state index in [-0.39, 0.29) is 5.91 Å². The van der Waals surface area contributed by atoms with Gasteiger partial charge in [0.2, 0.25) is 0 Å². The van der Waals surface area contributed by atoms with Gasteiger partial charge in [-0.1, -0.05) is 13.8 Å². The lowest BCUT2D eigenvalue weighted by atomic mass is 9.93. The quantitative estimate of drug-likeness (QED) is 0.677. The van der Waals surface area contributed by atoms with Gasteiger partial charge in [-0.25, -0.2) is 9.97 Å².